The highest BCUT2D eigenvalue weighted by atomic mass is 16.5. The van der Waals surface area contributed by atoms with E-state index in [0.29, 0.717) is 17.8 Å². The van der Waals surface area contributed by atoms with Gasteiger partial charge in [-0.3, -0.25) is 4.79 Å². The predicted octanol–water partition coefficient (Wildman–Crippen LogP) is 2.68. The van der Waals surface area contributed by atoms with Crippen LogP contribution in [0.15, 0.2) is 12.7 Å². The lowest BCUT2D eigenvalue weighted by Gasteiger charge is -2.37. The predicted molar refractivity (Wildman–Crippen MR) is 79.0 cm³/mol. The van der Waals surface area contributed by atoms with Gasteiger partial charge in [-0.05, 0) is 43.6 Å². The van der Waals surface area contributed by atoms with Crippen LogP contribution in [-0.2, 0) is 14.3 Å². The van der Waals surface area contributed by atoms with Crippen molar-refractivity contribution in [1.82, 2.24) is 5.32 Å². The van der Waals surface area contributed by atoms with Gasteiger partial charge in [0.05, 0.1) is 0 Å². The SMILES string of the molecule is C=CC(=O)N[C@@H](C)C(=O)OC1CC(C)CCC1C(C)C. The Morgan fingerprint density at radius 2 is 1.95 bits per heavy atom. The van der Waals surface area contributed by atoms with Gasteiger partial charge in [0.1, 0.15) is 12.1 Å². The van der Waals surface area contributed by atoms with Crippen LogP contribution in [-0.4, -0.2) is 24.0 Å². The molecule has 0 aromatic rings. The topological polar surface area (TPSA) is 55.4 Å². The zero-order valence-electron chi connectivity index (χ0n) is 13.0. The maximum absolute atomic E-state index is 12.1. The molecule has 0 bridgehead atoms. The van der Waals surface area contributed by atoms with Gasteiger partial charge in [0.15, 0.2) is 0 Å². The minimum atomic E-state index is -0.634. The van der Waals surface area contributed by atoms with E-state index in [9.17, 15) is 9.59 Å². The van der Waals surface area contributed by atoms with Gasteiger partial charge in [-0.15, -0.1) is 0 Å². The Bertz CT molecular complexity index is 365. The van der Waals surface area contributed by atoms with Gasteiger partial charge in [0.2, 0.25) is 5.91 Å². The van der Waals surface area contributed by atoms with Gasteiger partial charge in [0.25, 0.3) is 0 Å². The van der Waals surface area contributed by atoms with E-state index in [2.05, 4.69) is 32.7 Å². The second-order valence-electron chi connectivity index (χ2n) is 6.24. The number of rotatable bonds is 5. The summed E-state index contributed by atoms with van der Waals surface area (Å²) in [4.78, 5) is 23.3. The van der Waals surface area contributed by atoms with Crippen molar-refractivity contribution in [2.24, 2.45) is 17.8 Å². The summed E-state index contributed by atoms with van der Waals surface area (Å²) in [5.41, 5.74) is 0. The molecule has 0 aromatic heterocycles. The van der Waals surface area contributed by atoms with Crippen LogP contribution in [0.3, 0.4) is 0 Å². The first-order valence-corrected chi connectivity index (χ1v) is 7.48. The Morgan fingerprint density at radius 3 is 2.50 bits per heavy atom. The molecule has 1 rings (SSSR count). The molecule has 3 unspecified atom stereocenters. The number of amides is 1. The molecule has 0 spiro atoms. The van der Waals surface area contributed by atoms with Gasteiger partial charge in [0, 0.05) is 0 Å². The molecular weight excluding hydrogens is 254 g/mol. The number of carbonyl (C=O) groups excluding carboxylic acids is 2. The van der Waals surface area contributed by atoms with Crippen LogP contribution >= 0.6 is 0 Å². The zero-order chi connectivity index (χ0) is 15.3. The van der Waals surface area contributed by atoms with E-state index >= 15 is 0 Å². The summed E-state index contributed by atoms with van der Waals surface area (Å²) >= 11 is 0. The summed E-state index contributed by atoms with van der Waals surface area (Å²) in [6.07, 6.45) is 4.33. The largest absolute Gasteiger partial charge is 0.461 e. The normalized spacial score (nSPS) is 27.8. The molecule has 114 valence electrons. The van der Waals surface area contributed by atoms with E-state index in [0.717, 1.165) is 18.9 Å². The summed E-state index contributed by atoms with van der Waals surface area (Å²) in [7, 11) is 0. The highest BCUT2D eigenvalue weighted by molar-refractivity contribution is 5.90. The van der Waals surface area contributed by atoms with Gasteiger partial charge in [-0.1, -0.05) is 33.8 Å². The van der Waals surface area contributed by atoms with Crippen LogP contribution in [0.25, 0.3) is 0 Å². The fourth-order valence-electron chi connectivity index (χ4n) is 2.83. The van der Waals surface area contributed by atoms with Gasteiger partial charge >= 0.3 is 5.97 Å². The summed E-state index contributed by atoms with van der Waals surface area (Å²) in [6.45, 7) is 11.5. The summed E-state index contributed by atoms with van der Waals surface area (Å²) in [5, 5.41) is 2.54. The molecule has 1 N–H and O–H groups in total. The van der Waals surface area contributed by atoms with E-state index in [4.69, 9.17) is 4.74 Å². The van der Waals surface area contributed by atoms with E-state index in [1.165, 1.54) is 6.42 Å². The molecule has 1 aliphatic carbocycles. The molecule has 4 atom stereocenters. The summed E-state index contributed by atoms with van der Waals surface area (Å²) in [6, 6.07) is -0.634. The molecular formula is C16H27NO3. The first-order valence-electron chi connectivity index (χ1n) is 7.48. The van der Waals surface area contributed by atoms with Crippen molar-refractivity contribution in [2.75, 3.05) is 0 Å². The van der Waals surface area contributed by atoms with Crippen LogP contribution in [0, 0.1) is 17.8 Å². The molecule has 0 radical (unpaired) electrons. The smallest absolute Gasteiger partial charge is 0.328 e. The molecule has 4 heteroatoms. The van der Waals surface area contributed by atoms with E-state index in [1.54, 1.807) is 6.92 Å². The van der Waals surface area contributed by atoms with Crippen molar-refractivity contribution in [3.8, 4) is 0 Å². The van der Waals surface area contributed by atoms with E-state index in [-0.39, 0.29) is 18.0 Å². The number of carbonyl (C=O) groups is 2. The number of hydrogen-bond donors (Lipinski definition) is 1. The van der Waals surface area contributed by atoms with Crippen molar-refractivity contribution in [2.45, 2.75) is 59.1 Å². The number of hydrogen-bond acceptors (Lipinski definition) is 3. The minimum absolute atomic E-state index is 0.0330. The number of ether oxygens (including phenoxy) is 1. The van der Waals surface area contributed by atoms with Crippen LogP contribution in [0.4, 0.5) is 0 Å². The average Bonchev–Trinajstić information content (AvgIpc) is 2.38. The maximum Gasteiger partial charge on any atom is 0.328 e. The second-order valence-corrected chi connectivity index (χ2v) is 6.24. The third-order valence-electron chi connectivity index (χ3n) is 4.13. The van der Waals surface area contributed by atoms with Gasteiger partial charge in [-0.25, -0.2) is 4.79 Å². The Kier molecular flexibility index (Phi) is 6.24. The Balaban J connectivity index is 2.61. The molecule has 1 amide bonds. The fourth-order valence-corrected chi connectivity index (χ4v) is 2.83. The van der Waals surface area contributed by atoms with Crippen molar-refractivity contribution in [1.29, 1.82) is 0 Å². The van der Waals surface area contributed by atoms with Gasteiger partial charge in [-0.2, -0.15) is 0 Å². The highest BCUT2D eigenvalue weighted by Crippen LogP contribution is 2.35. The summed E-state index contributed by atoms with van der Waals surface area (Å²) < 4.78 is 5.65. The lowest BCUT2D eigenvalue weighted by molar-refractivity contribution is -0.158. The Labute approximate surface area is 122 Å². The van der Waals surface area contributed by atoms with E-state index in [1.807, 2.05) is 0 Å². The maximum atomic E-state index is 12.1. The first-order chi connectivity index (χ1) is 9.35. The molecule has 0 aliphatic heterocycles. The fraction of sp³-hybridized carbons (Fsp3) is 0.750. The van der Waals surface area contributed by atoms with Crippen molar-refractivity contribution >= 4 is 11.9 Å². The van der Waals surface area contributed by atoms with E-state index < -0.39 is 6.04 Å². The zero-order valence-corrected chi connectivity index (χ0v) is 13.0. The van der Waals surface area contributed by atoms with Gasteiger partial charge < -0.3 is 10.1 Å². The first kappa shape index (κ1) is 16.7. The summed E-state index contributed by atoms with van der Waals surface area (Å²) in [5.74, 6) is 0.786. The molecule has 0 heterocycles. The van der Waals surface area contributed by atoms with Crippen molar-refractivity contribution in [3.05, 3.63) is 12.7 Å². The Morgan fingerprint density at radius 1 is 1.30 bits per heavy atom. The molecule has 0 aromatic carbocycles. The third kappa shape index (κ3) is 4.66. The van der Waals surface area contributed by atoms with Crippen molar-refractivity contribution < 1.29 is 14.3 Å². The molecule has 4 nitrogen and oxygen atoms in total. The average molecular weight is 281 g/mol. The Hall–Kier alpha value is -1.32. The quantitative estimate of drug-likeness (QED) is 0.622. The number of esters is 1. The molecule has 1 aliphatic rings. The second kappa shape index (κ2) is 7.46. The van der Waals surface area contributed by atoms with Crippen LogP contribution in [0.1, 0.15) is 47.0 Å². The molecule has 1 fully saturated rings. The lowest BCUT2D eigenvalue weighted by Crippen LogP contribution is -2.43. The molecule has 1 saturated carbocycles. The lowest BCUT2D eigenvalue weighted by atomic mass is 9.75. The monoisotopic (exact) mass is 281 g/mol. The van der Waals surface area contributed by atoms with Crippen LogP contribution in [0.5, 0.6) is 0 Å². The highest BCUT2D eigenvalue weighted by Gasteiger charge is 2.34. The molecule has 0 saturated heterocycles. The van der Waals surface area contributed by atoms with Crippen LogP contribution in [0.2, 0.25) is 0 Å². The minimum Gasteiger partial charge on any atom is -0.461 e. The number of nitrogens with one attached hydrogen (secondary N) is 1. The molecule has 20 heavy (non-hydrogen) atoms. The van der Waals surface area contributed by atoms with Crippen molar-refractivity contribution in [3.63, 3.8) is 0 Å². The standard InChI is InChI=1S/C16H27NO3/c1-6-15(18)17-12(5)16(19)20-14-9-11(4)7-8-13(14)10(2)3/h6,10-14H,1,7-9H2,2-5H3,(H,17,18)/t11?,12-,13?,14?/m0/s1. The van der Waals surface area contributed by atoms with Crippen LogP contribution < -0.4 is 5.32 Å². The third-order valence-corrected chi connectivity index (χ3v) is 4.13.